The number of furan rings is 1. The molecular formula is C16H23N3O5. The third-order valence-corrected chi connectivity index (χ3v) is 3.98. The first kappa shape index (κ1) is 18.0. The van der Waals surface area contributed by atoms with Crippen LogP contribution in [-0.4, -0.2) is 49.0 Å². The van der Waals surface area contributed by atoms with Crippen LogP contribution in [0.5, 0.6) is 0 Å². The Kier molecular flexibility index (Phi) is 6.80. The lowest BCUT2D eigenvalue weighted by molar-refractivity contribution is -0.143. The van der Waals surface area contributed by atoms with Gasteiger partial charge >= 0.3 is 12.0 Å². The summed E-state index contributed by atoms with van der Waals surface area (Å²) in [7, 11) is 1.35. The maximum atomic E-state index is 12.0. The average molecular weight is 337 g/mol. The van der Waals surface area contributed by atoms with Crippen molar-refractivity contribution in [1.82, 2.24) is 15.5 Å². The highest BCUT2D eigenvalue weighted by molar-refractivity contribution is 5.95. The number of esters is 1. The van der Waals surface area contributed by atoms with Crippen LogP contribution in [0.3, 0.4) is 0 Å². The number of imide groups is 1. The molecule has 0 spiro atoms. The van der Waals surface area contributed by atoms with E-state index < -0.39 is 11.9 Å². The van der Waals surface area contributed by atoms with Crippen LogP contribution < -0.4 is 10.6 Å². The summed E-state index contributed by atoms with van der Waals surface area (Å²) in [6.45, 7) is 1.01. The summed E-state index contributed by atoms with van der Waals surface area (Å²) in [5.41, 5.74) is 0. The van der Waals surface area contributed by atoms with Crippen molar-refractivity contribution in [2.75, 3.05) is 20.2 Å². The van der Waals surface area contributed by atoms with Crippen molar-refractivity contribution in [3.63, 3.8) is 0 Å². The van der Waals surface area contributed by atoms with Gasteiger partial charge in [-0.3, -0.25) is 19.8 Å². The minimum absolute atomic E-state index is 0.0249. The molecule has 8 nitrogen and oxygen atoms in total. The van der Waals surface area contributed by atoms with E-state index in [1.807, 2.05) is 4.90 Å². The third-order valence-electron chi connectivity index (χ3n) is 3.98. The molecule has 1 aromatic rings. The zero-order valence-electron chi connectivity index (χ0n) is 13.7. The second kappa shape index (κ2) is 9.07. The second-order valence-corrected chi connectivity index (χ2v) is 5.71. The van der Waals surface area contributed by atoms with Crippen LogP contribution in [0.1, 0.15) is 31.4 Å². The van der Waals surface area contributed by atoms with Gasteiger partial charge in [0.15, 0.2) is 0 Å². The molecule has 1 unspecified atom stereocenters. The smallest absolute Gasteiger partial charge is 0.321 e. The Morgan fingerprint density at radius 2 is 2.21 bits per heavy atom. The number of carbonyl (C=O) groups is 3. The summed E-state index contributed by atoms with van der Waals surface area (Å²) in [5, 5.41) is 4.84. The molecule has 0 saturated carbocycles. The molecule has 8 heteroatoms. The van der Waals surface area contributed by atoms with Crippen molar-refractivity contribution >= 4 is 17.9 Å². The van der Waals surface area contributed by atoms with E-state index in [0.717, 1.165) is 25.8 Å². The topological polar surface area (TPSA) is 101 Å². The highest BCUT2D eigenvalue weighted by Gasteiger charge is 2.27. The minimum Gasteiger partial charge on any atom is -0.469 e. The summed E-state index contributed by atoms with van der Waals surface area (Å²) >= 11 is 0. The maximum absolute atomic E-state index is 12.0. The van der Waals surface area contributed by atoms with Gasteiger partial charge in [0.2, 0.25) is 5.91 Å². The summed E-state index contributed by atoms with van der Waals surface area (Å²) in [6, 6.07) is 2.85. The number of piperidine rings is 1. The Labute approximate surface area is 140 Å². The van der Waals surface area contributed by atoms with E-state index >= 15 is 0 Å². The molecular weight excluding hydrogens is 314 g/mol. The number of nitrogens with zero attached hydrogens (tertiary/aromatic N) is 1. The molecule has 24 heavy (non-hydrogen) atoms. The first-order valence-corrected chi connectivity index (χ1v) is 7.99. The number of rotatable bonds is 6. The van der Waals surface area contributed by atoms with Crippen LogP contribution in [0.2, 0.25) is 0 Å². The normalized spacial score (nSPS) is 18.0. The number of likely N-dealkylation sites (tertiary alicyclic amines) is 1. The minimum atomic E-state index is -0.571. The standard InChI is InChI=1S/C16H23N3O5/c1-23-15(21)9-12-5-2-3-7-19(12)11-14(20)18-16(22)17-10-13-6-4-8-24-13/h4,6,8,12H,2-3,5,7,9-11H2,1H3,(H2,17,18,20,22). The zero-order chi connectivity index (χ0) is 17.4. The second-order valence-electron chi connectivity index (χ2n) is 5.71. The van der Waals surface area contributed by atoms with Gasteiger partial charge in [0, 0.05) is 6.04 Å². The molecule has 2 rings (SSSR count). The number of amides is 3. The summed E-state index contributed by atoms with van der Waals surface area (Å²) in [6.07, 6.45) is 4.60. The summed E-state index contributed by atoms with van der Waals surface area (Å²) < 4.78 is 9.79. The molecule has 1 atom stereocenters. The first-order valence-electron chi connectivity index (χ1n) is 7.99. The summed E-state index contributed by atoms with van der Waals surface area (Å²) in [4.78, 5) is 37.1. The number of methoxy groups -OCH3 is 1. The molecule has 1 aliphatic heterocycles. The van der Waals surface area contributed by atoms with Gasteiger partial charge < -0.3 is 14.5 Å². The van der Waals surface area contributed by atoms with Crippen LogP contribution in [-0.2, 0) is 20.9 Å². The van der Waals surface area contributed by atoms with E-state index in [-0.39, 0.29) is 31.5 Å². The lowest BCUT2D eigenvalue weighted by Gasteiger charge is -2.34. The van der Waals surface area contributed by atoms with Crippen LogP contribution in [0.25, 0.3) is 0 Å². The number of hydrogen-bond acceptors (Lipinski definition) is 6. The average Bonchev–Trinajstić information content (AvgIpc) is 3.08. The van der Waals surface area contributed by atoms with Crippen molar-refractivity contribution in [2.45, 2.75) is 38.3 Å². The van der Waals surface area contributed by atoms with Gasteiger partial charge in [0.25, 0.3) is 0 Å². The van der Waals surface area contributed by atoms with Gasteiger partial charge in [0.1, 0.15) is 5.76 Å². The third kappa shape index (κ3) is 5.69. The van der Waals surface area contributed by atoms with E-state index in [4.69, 9.17) is 9.15 Å². The van der Waals surface area contributed by atoms with Crippen LogP contribution >= 0.6 is 0 Å². The monoisotopic (exact) mass is 337 g/mol. The van der Waals surface area contributed by atoms with Crippen molar-refractivity contribution < 1.29 is 23.5 Å². The van der Waals surface area contributed by atoms with Crippen molar-refractivity contribution in [3.05, 3.63) is 24.2 Å². The molecule has 3 amide bonds. The van der Waals surface area contributed by atoms with Gasteiger partial charge in [-0.2, -0.15) is 0 Å². The Morgan fingerprint density at radius 1 is 1.38 bits per heavy atom. The number of nitrogens with one attached hydrogen (secondary N) is 2. The zero-order valence-corrected chi connectivity index (χ0v) is 13.7. The predicted octanol–water partition coefficient (Wildman–Crippen LogP) is 1.02. The maximum Gasteiger partial charge on any atom is 0.321 e. The van der Waals surface area contributed by atoms with Crippen LogP contribution in [0.15, 0.2) is 22.8 Å². The van der Waals surface area contributed by atoms with Crippen molar-refractivity contribution in [2.24, 2.45) is 0 Å². The highest BCUT2D eigenvalue weighted by atomic mass is 16.5. The molecule has 1 aliphatic rings. The van der Waals surface area contributed by atoms with E-state index in [1.165, 1.54) is 13.4 Å². The number of urea groups is 1. The highest BCUT2D eigenvalue weighted by Crippen LogP contribution is 2.19. The fourth-order valence-corrected chi connectivity index (χ4v) is 2.75. The molecule has 1 aromatic heterocycles. The van der Waals surface area contributed by atoms with Gasteiger partial charge in [-0.1, -0.05) is 6.42 Å². The fraction of sp³-hybridized carbons (Fsp3) is 0.562. The lowest BCUT2D eigenvalue weighted by Crippen LogP contribution is -2.49. The predicted molar refractivity (Wildman–Crippen MR) is 84.9 cm³/mol. The van der Waals surface area contributed by atoms with Crippen LogP contribution in [0, 0.1) is 0 Å². The van der Waals surface area contributed by atoms with E-state index in [9.17, 15) is 14.4 Å². The van der Waals surface area contributed by atoms with E-state index in [1.54, 1.807) is 12.1 Å². The largest absolute Gasteiger partial charge is 0.469 e. The molecule has 2 heterocycles. The van der Waals surface area contributed by atoms with Gasteiger partial charge in [-0.05, 0) is 31.5 Å². The molecule has 0 radical (unpaired) electrons. The van der Waals surface area contributed by atoms with Crippen molar-refractivity contribution in [1.29, 1.82) is 0 Å². The van der Waals surface area contributed by atoms with E-state index in [0.29, 0.717) is 5.76 Å². The van der Waals surface area contributed by atoms with E-state index in [2.05, 4.69) is 10.6 Å². The quantitative estimate of drug-likeness (QED) is 0.752. The Hall–Kier alpha value is -2.35. The molecule has 0 aliphatic carbocycles. The SMILES string of the molecule is COC(=O)CC1CCCCN1CC(=O)NC(=O)NCc1ccco1. The summed E-state index contributed by atoms with van der Waals surface area (Å²) in [5.74, 6) is -0.0843. The number of ether oxygens (including phenoxy) is 1. The molecule has 1 fully saturated rings. The number of hydrogen-bond donors (Lipinski definition) is 2. The molecule has 1 saturated heterocycles. The molecule has 132 valence electrons. The van der Waals surface area contributed by atoms with Gasteiger partial charge in [0.05, 0.1) is 32.9 Å². The first-order chi connectivity index (χ1) is 11.6. The van der Waals surface area contributed by atoms with Crippen molar-refractivity contribution in [3.8, 4) is 0 Å². The van der Waals surface area contributed by atoms with Gasteiger partial charge in [-0.25, -0.2) is 4.79 Å². The lowest BCUT2D eigenvalue weighted by atomic mass is 9.99. The Balaban J connectivity index is 1.76. The van der Waals surface area contributed by atoms with Crippen LogP contribution in [0.4, 0.5) is 4.79 Å². The fourth-order valence-electron chi connectivity index (χ4n) is 2.75. The molecule has 2 N–H and O–H groups in total. The molecule has 0 aromatic carbocycles. The Morgan fingerprint density at radius 3 is 2.92 bits per heavy atom. The number of carbonyl (C=O) groups excluding carboxylic acids is 3. The Bertz CT molecular complexity index is 558. The molecule has 0 bridgehead atoms. The van der Waals surface area contributed by atoms with Gasteiger partial charge in [-0.15, -0.1) is 0 Å².